The van der Waals surface area contributed by atoms with Gasteiger partial charge in [0.2, 0.25) is 5.91 Å². The summed E-state index contributed by atoms with van der Waals surface area (Å²) in [5, 5.41) is 5.29. The van der Waals surface area contributed by atoms with Crippen LogP contribution in [0.2, 0.25) is 0 Å². The van der Waals surface area contributed by atoms with Crippen molar-refractivity contribution < 1.29 is 9.59 Å². The first-order valence-electron chi connectivity index (χ1n) is 4.06. The van der Waals surface area contributed by atoms with Crippen molar-refractivity contribution in [1.29, 1.82) is 0 Å². The molecule has 12 heavy (non-hydrogen) atoms. The summed E-state index contributed by atoms with van der Waals surface area (Å²) in [6.07, 6.45) is 0.683. The third-order valence-corrected chi connectivity index (χ3v) is 1.75. The zero-order chi connectivity index (χ0) is 9.56. The summed E-state index contributed by atoms with van der Waals surface area (Å²) < 4.78 is 0. The van der Waals surface area contributed by atoms with Gasteiger partial charge in [-0.3, -0.25) is 9.59 Å². The molecule has 1 amide bonds. The average molecular weight is 172 g/mol. The summed E-state index contributed by atoms with van der Waals surface area (Å²) in [5.41, 5.74) is 0. The molecule has 0 fully saturated rings. The van der Waals surface area contributed by atoms with Gasteiger partial charge in [0.1, 0.15) is 5.78 Å². The molecule has 0 bridgehead atoms. The van der Waals surface area contributed by atoms with Gasteiger partial charge in [-0.15, -0.1) is 0 Å². The standard InChI is InChI=1S/C8H16N2O2/c1-4-7(11)6(9-2)5-8(12)10-3/h6,9H,4-5H2,1-3H3,(H,10,12). The lowest BCUT2D eigenvalue weighted by Gasteiger charge is -2.12. The predicted octanol–water partition coefficient (Wildman–Crippen LogP) is -0.310. The van der Waals surface area contributed by atoms with Crippen LogP contribution in [-0.4, -0.2) is 31.8 Å². The number of amides is 1. The number of hydrogen-bond donors (Lipinski definition) is 2. The number of hydrogen-bond acceptors (Lipinski definition) is 3. The zero-order valence-corrected chi connectivity index (χ0v) is 7.81. The summed E-state index contributed by atoms with van der Waals surface area (Å²) in [6.45, 7) is 1.79. The summed E-state index contributed by atoms with van der Waals surface area (Å²) in [4.78, 5) is 22.1. The van der Waals surface area contributed by atoms with E-state index >= 15 is 0 Å². The average Bonchev–Trinajstić information content (AvgIpc) is 2.12. The molecule has 1 unspecified atom stereocenters. The van der Waals surface area contributed by atoms with Gasteiger partial charge in [-0.2, -0.15) is 0 Å². The molecule has 0 aromatic carbocycles. The van der Waals surface area contributed by atoms with Gasteiger partial charge >= 0.3 is 0 Å². The maximum absolute atomic E-state index is 11.2. The molecule has 4 heteroatoms. The Bertz CT molecular complexity index is 168. The molecular weight excluding hydrogens is 156 g/mol. The van der Waals surface area contributed by atoms with Crippen LogP contribution in [0.15, 0.2) is 0 Å². The highest BCUT2D eigenvalue weighted by atomic mass is 16.2. The van der Waals surface area contributed by atoms with Crippen LogP contribution in [0.25, 0.3) is 0 Å². The molecule has 1 atom stereocenters. The quantitative estimate of drug-likeness (QED) is 0.598. The Morgan fingerprint density at radius 3 is 2.25 bits per heavy atom. The second-order valence-electron chi connectivity index (χ2n) is 2.54. The summed E-state index contributed by atoms with van der Waals surface area (Å²) in [7, 11) is 3.24. The number of likely N-dealkylation sites (N-methyl/N-ethyl adjacent to an activating group) is 1. The number of rotatable bonds is 5. The van der Waals surface area contributed by atoms with E-state index in [2.05, 4.69) is 10.6 Å². The normalized spacial score (nSPS) is 12.2. The summed E-state index contributed by atoms with van der Waals surface area (Å²) >= 11 is 0. The third-order valence-electron chi connectivity index (χ3n) is 1.75. The zero-order valence-electron chi connectivity index (χ0n) is 7.81. The van der Waals surface area contributed by atoms with E-state index in [0.717, 1.165) is 0 Å². The molecule has 0 aliphatic rings. The van der Waals surface area contributed by atoms with Crippen molar-refractivity contribution in [2.24, 2.45) is 0 Å². The molecule has 0 aromatic heterocycles. The molecule has 0 rings (SSSR count). The number of carbonyl (C=O) groups is 2. The Hall–Kier alpha value is -0.900. The largest absolute Gasteiger partial charge is 0.359 e. The van der Waals surface area contributed by atoms with Crippen molar-refractivity contribution in [1.82, 2.24) is 10.6 Å². The Morgan fingerprint density at radius 1 is 1.33 bits per heavy atom. The first kappa shape index (κ1) is 11.1. The maximum atomic E-state index is 11.2. The van der Waals surface area contributed by atoms with Gasteiger partial charge < -0.3 is 10.6 Å². The molecule has 0 radical (unpaired) electrons. The lowest BCUT2D eigenvalue weighted by atomic mass is 10.1. The Balaban J connectivity index is 3.99. The van der Waals surface area contributed by atoms with E-state index in [0.29, 0.717) is 6.42 Å². The van der Waals surface area contributed by atoms with Gasteiger partial charge in [0, 0.05) is 19.9 Å². The van der Waals surface area contributed by atoms with Crippen LogP contribution >= 0.6 is 0 Å². The first-order valence-corrected chi connectivity index (χ1v) is 4.06. The van der Waals surface area contributed by atoms with E-state index < -0.39 is 0 Å². The lowest BCUT2D eigenvalue weighted by molar-refractivity contribution is -0.126. The SMILES string of the molecule is CCC(=O)C(CC(=O)NC)NC. The minimum Gasteiger partial charge on any atom is -0.359 e. The van der Waals surface area contributed by atoms with Crippen LogP contribution in [0.5, 0.6) is 0 Å². The van der Waals surface area contributed by atoms with Gasteiger partial charge in [0.25, 0.3) is 0 Å². The van der Waals surface area contributed by atoms with Crippen LogP contribution in [0.1, 0.15) is 19.8 Å². The highest BCUT2D eigenvalue weighted by Crippen LogP contribution is 1.96. The number of Topliss-reactive ketones (excluding diaryl/α,β-unsaturated/α-hetero) is 1. The van der Waals surface area contributed by atoms with E-state index in [9.17, 15) is 9.59 Å². The van der Waals surface area contributed by atoms with Gasteiger partial charge in [0.05, 0.1) is 6.04 Å². The second-order valence-corrected chi connectivity index (χ2v) is 2.54. The molecule has 0 aliphatic heterocycles. The Labute approximate surface area is 72.7 Å². The fraction of sp³-hybridized carbons (Fsp3) is 0.750. The molecule has 0 aromatic rings. The van der Waals surface area contributed by atoms with Crippen molar-refractivity contribution >= 4 is 11.7 Å². The fourth-order valence-electron chi connectivity index (χ4n) is 0.911. The molecule has 0 saturated carbocycles. The van der Waals surface area contributed by atoms with Crippen LogP contribution in [0.3, 0.4) is 0 Å². The van der Waals surface area contributed by atoms with E-state index in [1.807, 2.05) is 0 Å². The minimum absolute atomic E-state index is 0.0705. The Kier molecular flexibility index (Phi) is 5.28. The van der Waals surface area contributed by atoms with Crippen LogP contribution in [-0.2, 0) is 9.59 Å². The molecule has 0 heterocycles. The van der Waals surface area contributed by atoms with Gasteiger partial charge in [-0.05, 0) is 7.05 Å². The lowest BCUT2D eigenvalue weighted by Crippen LogP contribution is -2.38. The monoisotopic (exact) mass is 172 g/mol. The third kappa shape index (κ3) is 3.48. The second kappa shape index (κ2) is 5.71. The van der Waals surface area contributed by atoms with Crippen molar-refractivity contribution in [3.8, 4) is 0 Å². The van der Waals surface area contributed by atoms with Crippen LogP contribution in [0.4, 0.5) is 0 Å². The topological polar surface area (TPSA) is 58.2 Å². The predicted molar refractivity (Wildman–Crippen MR) is 46.8 cm³/mol. The molecule has 70 valence electrons. The molecule has 4 nitrogen and oxygen atoms in total. The van der Waals surface area contributed by atoms with Gasteiger partial charge in [-0.1, -0.05) is 6.92 Å². The number of ketones is 1. The molecule has 0 spiro atoms. The van der Waals surface area contributed by atoms with E-state index in [4.69, 9.17) is 0 Å². The first-order chi connectivity index (χ1) is 5.65. The fourth-order valence-corrected chi connectivity index (χ4v) is 0.911. The molecule has 0 saturated heterocycles. The van der Waals surface area contributed by atoms with E-state index in [1.54, 1.807) is 21.0 Å². The summed E-state index contributed by atoms with van der Waals surface area (Å²) in [5.74, 6) is -0.0442. The molecule has 2 N–H and O–H groups in total. The molecular formula is C8H16N2O2. The number of nitrogens with one attached hydrogen (secondary N) is 2. The van der Waals surface area contributed by atoms with E-state index in [1.165, 1.54) is 0 Å². The number of carbonyl (C=O) groups excluding carboxylic acids is 2. The van der Waals surface area contributed by atoms with Crippen molar-refractivity contribution in [3.63, 3.8) is 0 Å². The van der Waals surface area contributed by atoms with Gasteiger partial charge in [-0.25, -0.2) is 0 Å². The summed E-state index contributed by atoms with van der Waals surface area (Å²) in [6, 6.07) is -0.338. The van der Waals surface area contributed by atoms with Crippen molar-refractivity contribution in [2.45, 2.75) is 25.8 Å². The van der Waals surface area contributed by atoms with E-state index in [-0.39, 0.29) is 24.2 Å². The Morgan fingerprint density at radius 2 is 1.92 bits per heavy atom. The minimum atomic E-state index is -0.338. The highest BCUT2D eigenvalue weighted by molar-refractivity contribution is 5.89. The maximum Gasteiger partial charge on any atom is 0.221 e. The molecule has 0 aliphatic carbocycles. The smallest absolute Gasteiger partial charge is 0.221 e. The van der Waals surface area contributed by atoms with Crippen molar-refractivity contribution in [2.75, 3.05) is 14.1 Å². The van der Waals surface area contributed by atoms with Crippen molar-refractivity contribution in [3.05, 3.63) is 0 Å². The highest BCUT2D eigenvalue weighted by Gasteiger charge is 2.16. The van der Waals surface area contributed by atoms with Gasteiger partial charge in [0.15, 0.2) is 0 Å². The van der Waals surface area contributed by atoms with Crippen LogP contribution < -0.4 is 10.6 Å². The van der Waals surface area contributed by atoms with Crippen LogP contribution in [0, 0.1) is 0 Å².